The van der Waals surface area contributed by atoms with Gasteiger partial charge in [-0.1, -0.05) is 53.0 Å². The molecular formula is C19H22Cl2N2O3S. The smallest absolute Gasteiger partial charge is 0.240 e. The van der Waals surface area contributed by atoms with E-state index in [9.17, 15) is 13.2 Å². The Bertz CT molecular complexity index is 917. The lowest BCUT2D eigenvalue weighted by molar-refractivity contribution is -0.119. The van der Waals surface area contributed by atoms with Gasteiger partial charge in [0.05, 0.1) is 17.0 Å². The number of nitrogens with zero attached hydrogens (tertiary/aromatic N) is 1. The molecule has 2 aromatic rings. The number of anilines is 1. The Morgan fingerprint density at radius 3 is 2.52 bits per heavy atom. The molecule has 8 heteroatoms. The summed E-state index contributed by atoms with van der Waals surface area (Å²) in [5, 5.41) is 3.31. The number of sulfonamides is 1. The molecular weight excluding hydrogens is 407 g/mol. The maximum atomic E-state index is 12.2. The summed E-state index contributed by atoms with van der Waals surface area (Å²) in [5.41, 5.74) is 2.62. The van der Waals surface area contributed by atoms with Crippen molar-refractivity contribution in [2.45, 2.75) is 19.8 Å². The van der Waals surface area contributed by atoms with Gasteiger partial charge in [-0.05, 0) is 43.5 Å². The minimum atomic E-state index is -3.68. The van der Waals surface area contributed by atoms with E-state index in [0.717, 1.165) is 23.4 Å². The summed E-state index contributed by atoms with van der Waals surface area (Å²) in [7, 11) is -3.68. The molecule has 1 amide bonds. The zero-order valence-corrected chi connectivity index (χ0v) is 17.5. The molecule has 146 valence electrons. The van der Waals surface area contributed by atoms with Gasteiger partial charge in [0.15, 0.2) is 0 Å². The van der Waals surface area contributed by atoms with E-state index < -0.39 is 15.9 Å². The fourth-order valence-electron chi connectivity index (χ4n) is 2.64. The van der Waals surface area contributed by atoms with Gasteiger partial charge < -0.3 is 5.32 Å². The van der Waals surface area contributed by atoms with Crippen LogP contribution >= 0.6 is 23.2 Å². The molecule has 0 aliphatic heterocycles. The molecule has 2 rings (SSSR count). The number of halogens is 2. The average Bonchev–Trinajstić information content (AvgIpc) is 2.56. The number of carbonyl (C=O) groups excluding carboxylic acids is 1. The number of benzene rings is 2. The molecule has 0 saturated carbocycles. The molecule has 0 bridgehead atoms. The fourth-order valence-corrected chi connectivity index (χ4v) is 4.07. The first-order chi connectivity index (χ1) is 12.7. The predicted molar refractivity (Wildman–Crippen MR) is 111 cm³/mol. The lowest BCUT2D eigenvalue weighted by atomic mass is 10.1. The normalized spacial score (nSPS) is 11.3. The van der Waals surface area contributed by atoms with Gasteiger partial charge in [-0.15, -0.1) is 0 Å². The minimum Gasteiger partial charge on any atom is -0.355 e. The first-order valence-electron chi connectivity index (χ1n) is 8.42. The van der Waals surface area contributed by atoms with Gasteiger partial charge in [-0.2, -0.15) is 0 Å². The molecule has 0 atom stereocenters. The van der Waals surface area contributed by atoms with Crippen molar-refractivity contribution in [1.82, 2.24) is 5.32 Å². The lowest BCUT2D eigenvalue weighted by Gasteiger charge is -2.23. The summed E-state index contributed by atoms with van der Waals surface area (Å²) >= 11 is 12.0. The van der Waals surface area contributed by atoms with Crippen LogP contribution in [0.3, 0.4) is 0 Å². The van der Waals surface area contributed by atoms with Crippen molar-refractivity contribution in [1.29, 1.82) is 0 Å². The second-order valence-corrected chi connectivity index (χ2v) is 9.06. The second kappa shape index (κ2) is 9.44. The molecule has 0 aliphatic carbocycles. The van der Waals surface area contributed by atoms with Crippen molar-refractivity contribution in [2.75, 3.05) is 23.7 Å². The van der Waals surface area contributed by atoms with Crippen LogP contribution in [0, 0.1) is 6.92 Å². The lowest BCUT2D eigenvalue weighted by Crippen LogP contribution is -2.40. The highest BCUT2D eigenvalue weighted by atomic mass is 35.5. The monoisotopic (exact) mass is 428 g/mol. The first-order valence-corrected chi connectivity index (χ1v) is 11.0. The Morgan fingerprint density at radius 1 is 1.15 bits per heavy atom. The maximum absolute atomic E-state index is 12.2. The quantitative estimate of drug-likeness (QED) is 0.649. The molecule has 0 fully saturated rings. The van der Waals surface area contributed by atoms with Crippen LogP contribution in [0.2, 0.25) is 10.0 Å². The number of carbonyl (C=O) groups is 1. The average molecular weight is 429 g/mol. The van der Waals surface area contributed by atoms with E-state index in [2.05, 4.69) is 11.4 Å². The molecule has 2 aromatic carbocycles. The van der Waals surface area contributed by atoms with E-state index in [4.69, 9.17) is 23.2 Å². The van der Waals surface area contributed by atoms with Crippen molar-refractivity contribution in [3.8, 4) is 0 Å². The number of aryl methyl sites for hydroxylation is 2. The van der Waals surface area contributed by atoms with Crippen LogP contribution in [0.25, 0.3) is 0 Å². The van der Waals surface area contributed by atoms with E-state index in [1.165, 1.54) is 29.3 Å². The van der Waals surface area contributed by atoms with Crippen molar-refractivity contribution in [3.05, 3.63) is 63.6 Å². The molecule has 0 radical (unpaired) electrons. The summed E-state index contributed by atoms with van der Waals surface area (Å²) in [6.45, 7) is 2.15. The summed E-state index contributed by atoms with van der Waals surface area (Å²) in [5.74, 6) is -0.393. The number of nitrogens with one attached hydrogen (secondary N) is 1. The Balaban J connectivity index is 1.94. The largest absolute Gasteiger partial charge is 0.355 e. The number of rotatable bonds is 8. The van der Waals surface area contributed by atoms with Crippen molar-refractivity contribution >= 4 is 44.8 Å². The highest BCUT2D eigenvalue weighted by Crippen LogP contribution is 2.30. The zero-order chi connectivity index (χ0) is 20.0. The van der Waals surface area contributed by atoms with E-state index in [1.54, 1.807) is 0 Å². The van der Waals surface area contributed by atoms with E-state index in [-0.39, 0.29) is 17.3 Å². The van der Waals surface area contributed by atoms with Crippen LogP contribution in [0.5, 0.6) is 0 Å². The fraction of sp³-hybridized carbons (Fsp3) is 0.316. The Hall–Kier alpha value is -1.76. The standard InChI is InChI=1S/C19H22Cl2N2O3S/c1-14-5-3-6-15(11-14)7-4-10-22-19(24)13-23(27(2,25)26)18-9-8-16(20)12-17(18)21/h3,5-6,8-9,11-12H,4,7,10,13H2,1-2H3,(H,22,24). The molecule has 27 heavy (non-hydrogen) atoms. The van der Waals surface area contributed by atoms with E-state index in [0.29, 0.717) is 11.6 Å². The third-order valence-electron chi connectivity index (χ3n) is 3.91. The molecule has 1 N–H and O–H groups in total. The van der Waals surface area contributed by atoms with Gasteiger partial charge in [0.2, 0.25) is 15.9 Å². The van der Waals surface area contributed by atoms with Crippen molar-refractivity contribution < 1.29 is 13.2 Å². The van der Waals surface area contributed by atoms with Crippen LogP contribution in [0.15, 0.2) is 42.5 Å². The third kappa shape index (κ3) is 6.72. The molecule has 0 spiro atoms. The van der Waals surface area contributed by atoms with Crippen LogP contribution in [0.4, 0.5) is 5.69 Å². The van der Waals surface area contributed by atoms with Crippen LogP contribution in [-0.4, -0.2) is 33.7 Å². The molecule has 0 saturated heterocycles. The van der Waals surface area contributed by atoms with E-state index >= 15 is 0 Å². The van der Waals surface area contributed by atoms with Gasteiger partial charge >= 0.3 is 0 Å². The number of hydrogen-bond donors (Lipinski definition) is 1. The van der Waals surface area contributed by atoms with Crippen LogP contribution < -0.4 is 9.62 Å². The Labute approximate surface area is 170 Å². The van der Waals surface area contributed by atoms with E-state index in [1.807, 2.05) is 25.1 Å². The van der Waals surface area contributed by atoms with Gasteiger partial charge in [0.1, 0.15) is 6.54 Å². The van der Waals surface area contributed by atoms with Crippen molar-refractivity contribution in [3.63, 3.8) is 0 Å². The topological polar surface area (TPSA) is 66.5 Å². The summed E-state index contributed by atoms with van der Waals surface area (Å²) in [6, 6.07) is 12.6. The zero-order valence-electron chi connectivity index (χ0n) is 15.2. The third-order valence-corrected chi connectivity index (χ3v) is 5.58. The molecule has 5 nitrogen and oxygen atoms in total. The van der Waals surface area contributed by atoms with Gasteiger partial charge in [-0.3, -0.25) is 9.10 Å². The Kier molecular flexibility index (Phi) is 7.53. The maximum Gasteiger partial charge on any atom is 0.240 e. The molecule has 0 unspecified atom stereocenters. The summed E-state index contributed by atoms with van der Waals surface area (Å²) in [6.07, 6.45) is 2.62. The van der Waals surface area contributed by atoms with Gasteiger partial charge in [0, 0.05) is 11.6 Å². The molecule has 0 heterocycles. The molecule has 0 aliphatic rings. The highest BCUT2D eigenvalue weighted by molar-refractivity contribution is 7.92. The summed E-state index contributed by atoms with van der Waals surface area (Å²) in [4.78, 5) is 12.2. The van der Waals surface area contributed by atoms with Crippen LogP contribution in [-0.2, 0) is 21.2 Å². The SMILES string of the molecule is Cc1cccc(CCCNC(=O)CN(c2ccc(Cl)cc2Cl)S(C)(=O)=O)c1. The van der Waals surface area contributed by atoms with Crippen molar-refractivity contribution in [2.24, 2.45) is 0 Å². The van der Waals surface area contributed by atoms with Crippen LogP contribution in [0.1, 0.15) is 17.5 Å². The minimum absolute atomic E-state index is 0.167. The Morgan fingerprint density at radius 2 is 1.89 bits per heavy atom. The first kappa shape index (κ1) is 21.5. The summed E-state index contributed by atoms with van der Waals surface area (Å²) < 4.78 is 25.2. The highest BCUT2D eigenvalue weighted by Gasteiger charge is 2.23. The molecule has 0 aromatic heterocycles. The van der Waals surface area contributed by atoms with Gasteiger partial charge in [0.25, 0.3) is 0 Å². The van der Waals surface area contributed by atoms with Gasteiger partial charge in [-0.25, -0.2) is 8.42 Å². The number of hydrogen-bond acceptors (Lipinski definition) is 3. The predicted octanol–water partition coefficient (Wildman–Crippen LogP) is 3.82. The second-order valence-electron chi connectivity index (χ2n) is 6.31. The number of amides is 1.